The topological polar surface area (TPSA) is 94.7 Å². The second-order valence-electron chi connectivity index (χ2n) is 12.6. The standard InChI is InChI=1S/C32H39FN4O4/c1-31(2,3)41-30(40)35-27(16-20-19-34-26-11-10-21(33)17-23(20)26)29(39)37-14-12-32(13-15-37)18-24(28(38)36(4)5)22-8-6-7-9-25(22)32/h6-11,17,19,24,27,34H,12-16,18H2,1-5H3,(H,35,40). The van der Waals surface area contributed by atoms with Crippen molar-refractivity contribution in [3.63, 3.8) is 0 Å². The number of hydrogen-bond acceptors (Lipinski definition) is 4. The van der Waals surface area contributed by atoms with E-state index in [9.17, 15) is 18.8 Å². The summed E-state index contributed by atoms with van der Waals surface area (Å²) >= 11 is 0. The number of aromatic nitrogens is 1. The van der Waals surface area contributed by atoms with Gasteiger partial charge in [-0.3, -0.25) is 9.59 Å². The number of nitrogens with zero attached hydrogens (tertiary/aromatic N) is 2. The summed E-state index contributed by atoms with van der Waals surface area (Å²) in [6, 6.07) is 11.8. The maximum absolute atomic E-state index is 14.0. The van der Waals surface area contributed by atoms with Crippen LogP contribution in [0, 0.1) is 5.82 Å². The van der Waals surface area contributed by atoms with Gasteiger partial charge < -0.3 is 24.8 Å². The maximum atomic E-state index is 14.0. The van der Waals surface area contributed by atoms with Gasteiger partial charge in [0.05, 0.1) is 5.92 Å². The van der Waals surface area contributed by atoms with Crippen molar-refractivity contribution in [3.05, 3.63) is 71.2 Å². The number of H-pyrrole nitrogens is 1. The van der Waals surface area contributed by atoms with E-state index >= 15 is 0 Å². The Kier molecular flexibility index (Phi) is 7.57. The fraction of sp³-hybridized carbons (Fsp3) is 0.469. The summed E-state index contributed by atoms with van der Waals surface area (Å²) < 4.78 is 19.5. The van der Waals surface area contributed by atoms with Crippen LogP contribution in [0.25, 0.3) is 10.9 Å². The van der Waals surface area contributed by atoms with Gasteiger partial charge in [-0.25, -0.2) is 9.18 Å². The molecule has 3 aromatic rings. The molecule has 1 fully saturated rings. The van der Waals surface area contributed by atoms with Crippen LogP contribution in [0.15, 0.2) is 48.7 Å². The summed E-state index contributed by atoms with van der Waals surface area (Å²) in [7, 11) is 3.58. The lowest BCUT2D eigenvalue weighted by atomic mass is 9.73. The van der Waals surface area contributed by atoms with E-state index in [0.29, 0.717) is 18.5 Å². The number of ether oxygens (including phenoxy) is 1. The van der Waals surface area contributed by atoms with Crippen molar-refractivity contribution >= 4 is 28.8 Å². The first-order chi connectivity index (χ1) is 19.4. The van der Waals surface area contributed by atoms with Crippen molar-refractivity contribution in [1.29, 1.82) is 0 Å². The van der Waals surface area contributed by atoms with Gasteiger partial charge in [-0.2, -0.15) is 0 Å². The van der Waals surface area contributed by atoms with E-state index in [-0.39, 0.29) is 35.4 Å². The lowest BCUT2D eigenvalue weighted by Crippen LogP contribution is -2.54. The molecular weight excluding hydrogens is 523 g/mol. The quantitative estimate of drug-likeness (QED) is 0.464. The number of carbonyl (C=O) groups excluding carboxylic acids is 3. The molecule has 2 unspecified atom stereocenters. The highest BCUT2D eigenvalue weighted by Crippen LogP contribution is 2.52. The lowest BCUT2D eigenvalue weighted by Gasteiger charge is -2.41. The molecular formula is C32H39FN4O4. The summed E-state index contributed by atoms with van der Waals surface area (Å²) in [5.41, 5.74) is 2.88. The highest BCUT2D eigenvalue weighted by atomic mass is 19.1. The van der Waals surface area contributed by atoms with Crippen LogP contribution in [0.1, 0.15) is 62.6 Å². The van der Waals surface area contributed by atoms with E-state index < -0.39 is 17.7 Å². The average Bonchev–Trinajstić information content (AvgIpc) is 3.45. The summed E-state index contributed by atoms with van der Waals surface area (Å²) in [5, 5.41) is 3.46. The van der Waals surface area contributed by atoms with E-state index in [1.54, 1.807) is 56.9 Å². The molecule has 1 spiro atoms. The molecule has 8 nitrogen and oxygen atoms in total. The minimum atomic E-state index is -0.889. The first-order valence-corrected chi connectivity index (χ1v) is 14.2. The number of alkyl carbamates (subject to hydrolysis) is 1. The molecule has 0 saturated carbocycles. The first kappa shape index (κ1) is 28.6. The molecule has 1 aromatic heterocycles. The van der Waals surface area contributed by atoms with Crippen LogP contribution < -0.4 is 5.32 Å². The minimum absolute atomic E-state index is 0.102. The van der Waals surface area contributed by atoms with E-state index in [2.05, 4.69) is 22.4 Å². The molecule has 1 aliphatic carbocycles. The van der Waals surface area contributed by atoms with Gasteiger partial charge in [-0.15, -0.1) is 0 Å². The SMILES string of the molecule is CN(C)C(=O)C1CC2(CCN(C(=O)C(Cc3c[nH]c4ccc(F)cc34)NC(=O)OC(C)(C)C)CC2)c2ccccc21. The first-order valence-electron chi connectivity index (χ1n) is 14.2. The second kappa shape index (κ2) is 10.8. The molecule has 5 rings (SSSR count). The van der Waals surface area contributed by atoms with Crippen LogP contribution in [-0.4, -0.2) is 71.5 Å². The number of piperidine rings is 1. The highest BCUT2D eigenvalue weighted by molar-refractivity contribution is 5.89. The monoisotopic (exact) mass is 562 g/mol. The summed E-state index contributed by atoms with van der Waals surface area (Å²) in [5.74, 6) is -0.661. The number of amides is 3. The molecule has 3 amide bonds. The van der Waals surface area contributed by atoms with Crippen molar-refractivity contribution in [2.75, 3.05) is 27.2 Å². The molecule has 0 radical (unpaired) electrons. The van der Waals surface area contributed by atoms with Crippen LogP contribution in [0.3, 0.4) is 0 Å². The number of likely N-dealkylation sites (N-methyl/N-ethyl adjacent to an activating group) is 1. The molecule has 41 heavy (non-hydrogen) atoms. The van der Waals surface area contributed by atoms with Crippen LogP contribution in [0.5, 0.6) is 0 Å². The molecule has 1 saturated heterocycles. The van der Waals surface area contributed by atoms with Gasteiger partial charge >= 0.3 is 6.09 Å². The largest absolute Gasteiger partial charge is 0.444 e. The zero-order valence-electron chi connectivity index (χ0n) is 24.4. The van der Waals surface area contributed by atoms with E-state index in [0.717, 1.165) is 35.9 Å². The van der Waals surface area contributed by atoms with E-state index in [1.807, 2.05) is 12.1 Å². The molecule has 2 atom stereocenters. The Morgan fingerprint density at radius 3 is 2.54 bits per heavy atom. The van der Waals surface area contributed by atoms with Crippen molar-refractivity contribution in [3.8, 4) is 0 Å². The Labute approximate surface area is 240 Å². The van der Waals surface area contributed by atoms with Gasteiger partial charge in [0.1, 0.15) is 17.5 Å². The van der Waals surface area contributed by atoms with Crippen LogP contribution in [0.4, 0.5) is 9.18 Å². The van der Waals surface area contributed by atoms with Gasteiger partial charge in [-0.1, -0.05) is 24.3 Å². The molecule has 2 aliphatic rings. The number of halogens is 1. The van der Waals surface area contributed by atoms with Crippen molar-refractivity contribution in [1.82, 2.24) is 20.1 Å². The smallest absolute Gasteiger partial charge is 0.408 e. The number of benzene rings is 2. The third-order valence-corrected chi connectivity index (χ3v) is 8.42. The van der Waals surface area contributed by atoms with Gasteiger partial charge in [-0.05, 0) is 74.9 Å². The maximum Gasteiger partial charge on any atom is 0.408 e. The number of likely N-dealkylation sites (tertiary alicyclic amines) is 1. The lowest BCUT2D eigenvalue weighted by molar-refractivity contribution is -0.135. The summed E-state index contributed by atoms with van der Waals surface area (Å²) in [6.45, 7) is 6.31. The summed E-state index contributed by atoms with van der Waals surface area (Å²) in [4.78, 5) is 46.4. The molecule has 2 N–H and O–H groups in total. The molecule has 218 valence electrons. The van der Waals surface area contributed by atoms with Crippen molar-refractivity contribution < 1.29 is 23.5 Å². The van der Waals surface area contributed by atoms with Crippen LogP contribution >= 0.6 is 0 Å². The fourth-order valence-electron chi connectivity index (χ4n) is 6.46. The Hall–Kier alpha value is -3.88. The Morgan fingerprint density at radius 2 is 1.85 bits per heavy atom. The molecule has 2 aromatic carbocycles. The predicted molar refractivity (Wildman–Crippen MR) is 155 cm³/mol. The number of nitrogens with one attached hydrogen (secondary N) is 2. The number of rotatable bonds is 5. The second-order valence-corrected chi connectivity index (χ2v) is 12.6. The fourth-order valence-corrected chi connectivity index (χ4v) is 6.46. The Morgan fingerprint density at radius 1 is 1.15 bits per heavy atom. The van der Waals surface area contributed by atoms with Crippen molar-refractivity contribution in [2.45, 2.75) is 69.4 Å². The predicted octanol–water partition coefficient (Wildman–Crippen LogP) is 4.88. The molecule has 2 heterocycles. The number of hydrogen-bond donors (Lipinski definition) is 2. The highest BCUT2D eigenvalue weighted by Gasteiger charge is 2.48. The minimum Gasteiger partial charge on any atom is -0.444 e. The number of aromatic amines is 1. The zero-order chi connectivity index (χ0) is 29.5. The van der Waals surface area contributed by atoms with E-state index in [4.69, 9.17) is 4.74 Å². The zero-order valence-corrected chi connectivity index (χ0v) is 24.4. The van der Waals surface area contributed by atoms with Gasteiger partial charge in [0.25, 0.3) is 0 Å². The van der Waals surface area contributed by atoms with Crippen LogP contribution in [-0.2, 0) is 26.2 Å². The number of fused-ring (bicyclic) bond motifs is 3. The Bertz CT molecular complexity index is 1470. The third kappa shape index (κ3) is 5.80. The normalized spacial score (nSPS) is 18.7. The van der Waals surface area contributed by atoms with Crippen LogP contribution in [0.2, 0.25) is 0 Å². The average molecular weight is 563 g/mol. The van der Waals surface area contributed by atoms with Gasteiger partial charge in [0, 0.05) is 56.1 Å². The third-order valence-electron chi connectivity index (χ3n) is 8.42. The molecule has 1 aliphatic heterocycles. The molecule has 9 heteroatoms. The van der Waals surface area contributed by atoms with Gasteiger partial charge in [0.15, 0.2) is 0 Å². The van der Waals surface area contributed by atoms with E-state index in [1.165, 1.54) is 17.7 Å². The van der Waals surface area contributed by atoms with Crippen molar-refractivity contribution in [2.24, 2.45) is 0 Å². The molecule has 0 bridgehead atoms. The Balaban J connectivity index is 1.36. The summed E-state index contributed by atoms with van der Waals surface area (Å²) in [6.07, 6.45) is 3.45. The van der Waals surface area contributed by atoms with Gasteiger partial charge in [0.2, 0.25) is 11.8 Å². The number of carbonyl (C=O) groups is 3.